The molecule has 6 heavy (non-hydrogen) atoms. The molecule has 0 nitrogen and oxygen atoms in total. The molecule has 0 amide bonds. The zero-order valence-corrected chi connectivity index (χ0v) is 9.52. The van der Waals surface area contributed by atoms with Gasteiger partial charge in [0.25, 0.3) is 0 Å². The Morgan fingerprint density at radius 3 is 1.67 bits per heavy atom. The Hall–Kier alpha value is 1.09. The summed E-state index contributed by atoms with van der Waals surface area (Å²) in [4.78, 5) is 0. The number of rotatable bonds is 0. The molecule has 1 rings (SSSR count). The van der Waals surface area contributed by atoms with Crippen molar-refractivity contribution in [3.8, 4) is 0 Å². The average molecular weight is 365 g/mol. The van der Waals surface area contributed by atoms with Crippen LogP contribution in [0.1, 0.15) is 0 Å². The summed E-state index contributed by atoms with van der Waals surface area (Å²) < 4.78 is 4.67. The van der Waals surface area contributed by atoms with Gasteiger partial charge < -0.3 is 0 Å². The van der Waals surface area contributed by atoms with Crippen LogP contribution in [0.2, 0.25) is 0 Å². The number of hydrogen-bond donors (Lipinski definition) is 0. The van der Waals surface area contributed by atoms with Crippen LogP contribution in [0.3, 0.4) is 0 Å². The molecule has 0 spiro atoms. The molecule has 0 N–H and O–H groups in total. The molecule has 2 heteroatoms. The molecule has 0 aliphatic carbocycles. The summed E-state index contributed by atoms with van der Waals surface area (Å²) in [5, 5.41) is 0. The van der Waals surface area contributed by atoms with Gasteiger partial charge >= 0.3 is 42.7 Å². The molecule has 35 valence electrons. The molecule has 1 heterocycles. The molecule has 0 bridgehead atoms. The van der Waals surface area contributed by atoms with Crippen LogP contribution in [0.4, 0.5) is 0 Å². The van der Waals surface area contributed by atoms with Crippen molar-refractivity contribution < 1.29 is 22.4 Å². The van der Waals surface area contributed by atoms with Crippen molar-refractivity contribution in [3.63, 3.8) is 0 Å². The van der Waals surface area contributed by atoms with Crippen LogP contribution in [0.5, 0.6) is 0 Å². The molecular formula is C4H5AuIn. The number of hydrogen-bond acceptors (Lipinski definition) is 0. The van der Waals surface area contributed by atoms with Crippen LogP contribution in [0.15, 0.2) is 19.8 Å². The zero-order valence-electron chi connectivity index (χ0n) is 3.32. The first-order valence-electron chi connectivity index (χ1n) is 1.82. The van der Waals surface area contributed by atoms with Crippen molar-refractivity contribution in [3.05, 3.63) is 19.8 Å². The Bertz CT molecular complexity index is 65.6. The maximum Gasteiger partial charge on any atom is 0 e. The molecule has 0 saturated heterocycles. The second-order valence-corrected chi connectivity index (χ2v) is 5.13. The van der Waals surface area contributed by atoms with Crippen molar-refractivity contribution in [2.45, 2.75) is 0 Å². The molecule has 1 aliphatic rings. The molecule has 1 aliphatic heterocycles. The average Bonchev–Trinajstić information content (AvgIpc) is 1.76. The topological polar surface area (TPSA) is 0 Å². The summed E-state index contributed by atoms with van der Waals surface area (Å²) in [5.74, 6) is 0. The third-order valence-electron chi connectivity index (χ3n) is 0.655. The minimum atomic E-state index is -0.308. The predicted octanol–water partition coefficient (Wildman–Crippen LogP) is 0.461. The summed E-state index contributed by atoms with van der Waals surface area (Å²) >= 11 is -0.308. The summed E-state index contributed by atoms with van der Waals surface area (Å²) in [6.45, 7) is 0. The van der Waals surface area contributed by atoms with E-state index in [1.807, 2.05) is 0 Å². The van der Waals surface area contributed by atoms with E-state index < -0.39 is 0 Å². The second-order valence-electron chi connectivity index (χ2n) is 1.09. The fraction of sp³-hybridized carbons (Fsp3) is 0. The SMILES string of the molecule is C1=[CH][InH][CH]=C1.[Au]. The molecule has 0 aromatic heterocycles. The normalized spacial score (nSPS) is 13.3. The summed E-state index contributed by atoms with van der Waals surface area (Å²) in [6, 6.07) is 0. The van der Waals surface area contributed by atoms with E-state index in [0.29, 0.717) is 0 Å². The Balaban J connectivity index is 0.000000250. The largest absolute Gasteiger partial charge is 0 e. The van der Waals surface area contributed by atoms with E-state index in [1.54, 1.807) is 0 Å². The quantitative estimate of drug-likeness (QED) is 0.548. The van der Waals surface area contributed by atoms with Crippen LogP contribution in [-0.4, -0.2) is 22.9 Å². The van der Waals surface area contributed by atoms with Crippen molar-refractivity contribution in [2.24, 2.45) is 0 Å². The van der Waals surface area contributed by atoms with Gasteiger partial charge in [0.1, 0.15) is 0 Å². The smallest absolute Gasteiger partial charge is 0 e. The van der Waals surface area contributed by atoms with Gasteiger partial charge in [-0.2, -0.15) is 0 Å². The van der Waals surface area contributed by atoms with Gasteiger partial charge in [-0.1, -0.05) is 0 Å². The summed E-state index contributed by atoms with van der Waals surface area (Å²) in [5.41, 5.74) is 0. The van der Waals surface area contributed by atoms with Crippen LogP contribution < -0.4 is 0 Å². The zero-order chi connectivity index (χ0) is 3.54. The number of allylic oxidation sites excluding steroid dienone is 2. The first-order valence-corrected chi connectivity index (χ1v) is 6.48. The van der Waals surface area contributed by atoms with Gasteiger partial charge in [-0.3, -0.25) is 0 Å². The monoisotopic (exact) mass is 365 g/mol. The van der Waals surface area contributed by atoms with Gasteiger partial charge in [-0.25, -0.2) is 0 Å². The van der Waals surface area contributed by atoms with Crippen molar-refractivity contribution >= 4 is 22.9 Å². The maximum atomic E-state index is 2.34. The molecule has 0 aromatic carbocycles. The molecule has 0 unspecified atom stereocenters. The summed E-state index contributed by atoms with van der Waals surface area (Å²) in [7, 11) is 0. The van der Waals surface area contributed by atoms with Crippen molar-refractivity contribution in [2.75, 3.05) is 0 Å². The van der Waals surface area contributed by atoms with E-state index in [-0.39, 0.29) is 45.3 Å². The van der Waals surface area contributed by atoms with E-state index >= 15 is 0 Å². The van der Waals surface area contributed by atoms with Crippen LogP contribution >= 0.6 is 0 Å². The standard InChI is InChI=1S/C4H4.Au.In.H/c1-3-4-2;;;/h1-4H;;;. The van der Waals surface area contributed by atoms with Crippen LogP contribution in [-0.2, 0) is 22.4 Å². The van der Waals surface area contributed by atoms with Crippen LogP contribution in [0, 0.1) is 0 Å². The first kappa shape index (κ1) is 7.09. The second kappa shape index (κ2) is 4.25. The van der Waals surface area contributed by atoms with E-state index in [1.165, 1.54) is 0 Å². The molecular weight excluding hydrogens is 360 g/mol. The maximum absolute atomic E-state index is 2.34. The van der Waals surface area contributed by atoms with Gasteiger partial charge in [0, 0.05) is 22.4 Å². The first-order chi connectivity index (χ1) is 2.50. The Labute approximate surface area is 64.6 Å². The Morgan fingerprint density at radius 1 is 1.00 bits per heavy atom. The minimum absolute atomic E-state index is 0. The van der Waals surface area contributed by atoms with Gasteiger partial charge in [0.15, 0.2) is 0 Å². The molecule has 0 saturated carbocycles. The van der Waals surface area contributed by atoms with E-state index in [0.717, 1.165) is 0 Å². The third-order valence-corrected chi connectivity index (χ3v) is 3.76. The third kappa shape index (κ3) is 2.30. The van der Waals surface area contributed by atoms with Gasteiger partial charge in [-0.15, -0.1) is 0 Å². The van der Waals surface area contributed by atoms with Gasteiger partial charge in [0.2, 0.25) is 0 Å². The van der Waals surface area contributed by atoms with Crippen LogP contribution in [0.25, 0.3) is 0 Å². The van der Waals surface area contributed by atoms with Crippen molar-refractivity contribution in [1.82, 2.24) is 0 Å². The molecule has 1 radical (unpaired) electrons. The molecule has 0 aromatic rings. The van der Waals surface area contributed by atoms with Crippen molar-refractivity contribution in [1.29, 1.82) is 0 Å². The summed E-state index contributed by atoms with van der Waals surface area (Å²) in [6.07, 6.45) is 4.30. The van der Waals surface area contributed by atoms with Gasteiger partial charge in [-0.05, 0) is 0 Å². The fourth-order valence-electron chi connectivity index (χ4n) is 0.393. The minimum Gasteiger partial charge on any atom is 0 e. The predicted molar refractivity (Wildman–Crippen MR) is 25.4 cm³/mol. The van der Waals surface area contributed by atoms with E-state index in [2.05, 4.69) is 19.8 Å². The fourth-order valence-corrected chi connectivity index (χ4v) is 2.64. The molecule has 0 atom stereocenters. The van der Waals surface area contributed by atoms with E-state index in [9.17, 15) is 0 Å². The molecule has 0 fully saturated rings. The van der Waals surface area contributed by atoms with Gasteiger partial charge in [0.05, 0.1) is 0 Å². The Kier molecular flexibility index (Phi) is 5.03. The Morgan fingerprint density at radius 2 is 1.50 bits per heavy atom. The van der Waals surface area contributed by atoms with E-state index in [4.69, 9.17) is 0 Å².